The van der Waals surface area contributed by atoms with Gasteiger partial charge >= 0.3 is 0 Å². The smallest absolute Gasteiger partial charge is 0.233 e. The van der Waals surface area contributed by atoms with E-state index in [4.69, 9.17) is 10.5 Å². The van der Waals surface area contributed by atoms with Crippen LogP contribution in [0.5, 0.6) is 0 Å². The zero-order chi connectivity index (χ0) is 10.7. The zero-order valence-electron chi connectivity index (χ0n) is 8.69. The number of carbonyl (C=O) groups excluding carboxylic acids is 1. The number of carbonyl (C=O) groups is 1. The lowest BCUT2D eigenvalue weighted by Gasteiger charge is -2.20. The molecule has 0 saturated carbocycles. The lowest BCUT2D eigenvalue weighted by molar-refractivity contribution is 0.0486. The molecule has 1 saturated heterocycles. The Labute approximate surface area is 89.0 Å². The first-order chi connectivity index (χ1) is 7.31. The van der Waals surface area contributed by atoms with Gasteiger partial charge in [0, 0.05) is 38.1 Å². The molecule has 0 bridgehead atoms. The molecule has 15 heavy (non-hydrogen) atoms. The lowest BCUT2D eigenvalue weighted by atomic mass is 9.99. The molecule has 1 aromatic rings. The van der Waals surface area contributed by atoms with Gasteiger partial charge in [0.25, 0.3) is 0 Å². The summed E-state index contributed by atoms with van der Waals surface area (Å²) in [6.45, 7) is 1.87. The molecule has 1 aliphatic rings. The first-order valence-corrected chi connectivity index (χ1v) is 5.30. The van der Waals surface area contributed by atoms with Gasteiger partial charge in [-0.2, -0.15) is 0 Å². The minimum absolute atomic E-state index is 0.108. The third kappa shape index (κ3) is 2.27. The third-order valence-electron chi connectivity index (χ3n) is 2.81. The van der Waals surface area contributed by atoms with E-state index in [2.05, 4.69) is 0 Å². The fourth-order valence-electron chi connectivity index (χ4n) is 1.85. The summed E-state index contributed by atoms with van der Waals surface area (Å²) in [6, 6.07) is 1.89. The number of hydrogen-bond acceptors (Lipinski definition) is 3. The van der Waals surface area contributed by atoms with Gasteiger partial charge in [0.05, 0.1) is 0 Å². The van der Waals surface area contributed by atoms with E-state index >= 15 is 0 Å². The van der Waals surface area contributed by atoms with Gasteiger partial charge in [-0.15, -0.1) is 0 Å². The van der Waals surface area contributed by atoms with Crippen LogP contribution in [0.2, 0.25) is 0 Å². The molecule has 0 atom stereocenters. The van der Waals surface area contributed by atoms with E-state index < -0.39 is 0 Å². The van der Waals surface area contributed by atoms with Crippen LogP contribution in [0.15, 0.2) is 18.5 Å². The summed E-state index contributed by atoms with van der Waals surface area (Å²) in [5.41, 5.74) is 6.49. The van der Waals surface area contributed by atoms with Gasteiger partial charge < -0.3 is 10.5 Å². The van der Waals surface area contributed by atoms with Crippen molar-refractivity contribution in [2.45, 2.75) is 19.4 Å². The summed E-state index contributed by atoms with van der Waals surface area (Å²) in [7, 11) is 0. The summed E-state index contributed by atoms with van der Waals surface area (Å²) in [6.07, 6.45) is 5.27. The van der Waals surface area contributed by atoms with Crippen LogP contribution in [0, 0.1) is 5.92 Å². The molecule has 0 unspecified atom stereocenters. The van der Waals surface area contributed by atoms with E-state index in [1.54, 1.807) is 10.8 Å². The largest absolute Gasteiger partial charge is 0.381 e. The highest BCUT2D eigenvalue weighted by molar-refractivity contribution is 5.81. The first-order valence-electron chi connectivity index (χ1n) is 5.30. The molecule has 0 spiro atoms. The maximum Gasteiger partial charge on any atom is 0.233 e. The van der Waals surface area contributed by atoms with Gasteiger partial charge in [-0.1, -0.05) is 0 Å². The van der Waals surface area contributed by atoms with Crippen LogP contribution in [0.25, 0.3) is 0 Å². The Kier molecular flexibility index (Phi) is 3.18. The lowest BCUT2D eigenvalue weighted by Crippen LogP contribution is -2.27. The topological polar surface area (TPSA) is 57.2 Å². The normalized spacial score (nSPS) is 17.9. The summed E-state index contributed by atoms with van der Waals surface area (Å²) < 4.78 is 6.88. The highest BCUT2D eigenvalue weighted by Crippen LogP contribution is 2.17. The van der Waals surface area contributed by atoms with Crippen LogP contribution in [-0.2, 0) is 11.3 Å². The van der Waals surface area contributed by atoms with E-state index in [0.29, 0.717) is 19.8 Å². The molecular formula is C11H16N2O2. The second kappa shape index (κ2) is 4.59. The Bertz CT molecular complexity index is 340. The zero-order valence-corrected chi connectivity index (χ0v) is 8.69. The number of aromatic nitrogens is 1. The van der Waals surface area contributed by atoms with Crippen molar-refractivity contribution in [3.8, 4) is 0 Å². The van der Waals surface area contributed by atoms with Crippen LogP contribution in [0.1, 0.15) is 23.2 Å². The molecule has 4 heteroatoms. The van der Waals surface area contributed by atoms with Crippen molar-refractivity contribution in [2.75, 3.05) is 13.2 Å². The van der Waals surface area contributed by atoms with Crippen LogP contribution in [0.3, 0.4) is 0 Å². The van der Waals surface area contributed by atoms with Gasteiger partial charge in [-0.05, 0) is 24.5 Å². The van der Waals surface area contributed by atoms with Crippen molar-refractivity contribution in [3.05, 3.63) is 24.0 Å². The van der Waals surface area contributed by atoms with E-state index in [1.807, 2.05) is 12.3 Å². The standard InChI is InChI=1S/C11H16N2O2/c12-7-9-1-4-13(8-9)11(14)10-2-5-15-6-3-10/h1,4,8,10H,2-3,5-7,12H2. The van der Waals surface area contributed by atoms with Gasteiger partial charge in [0.2, 0.25) is 5.91 Å². The molecule has 82 valence electrons. The third-order valence-corrected chi connectivity index (χ3v) is 2.81. The van der Waals surface area contributed by atoms with Crippen LogP contribution >= 0.6 is 0 Å². The van der Waals surface area contributed by atoms with Crippen molar-refractivity contribution < 1.29 is 9.53 Å². The number of ether oxygens (including phenoxy) is 1. The van der Waals surface area contributed by atoms with Crippen molar-refractivity contribution in [2.24, 2.45) is 11.7 Å². The van der Waals surface area contributed by atoms with Gasteiger partial charge in [0.1, 0.15) is 0 Å². The average Bonchev–Trinajstić information content (AvgIpc) is 2.78. The molecule has 1 aliphatic heterocycles. The van der Waals surface area contributed by atoms with Gasteiger partial charge in [-0.3, -0.25) is 9.36 Å². The minimum Gasteiger partial charge on any atom is -0.381 e. The molecule has 0 amide bonds. The second-order valence-electron chi connectivity index (χ2n) is 3.86. The quantitative estimate of drug-likeness (QED) is 0.789. The first kappa shape index (κ1) is 10.4. The Morgan fingerprint density at radius 1 is 1.53 bits per heavy atom. The van der Waals surface area contributed by atoms with E-state index in [1.165, 1.54) is 0 Å². The molecule has 0 aliphatic carbocycles. The van der Waals surface area contributed by atoms with E-state index in [-0.39, 0.29) is 11.8 Å². The van der Waals surface area contributed by atoms with Crippen molar-refractivity contribution in [1.29, 1.82) is 0 Å². The van der Waals surface area contributed by atoms with Gasteiger partial charge in [0.15, 0.2) is 0 Å². The summed E-state index contributed by atoms with van der Waals surface area (Å²) in [4.78, 5) is 12.0. The molecule has 2 N–H and O–H groups in total. The monoisotopic (exact) mass is 208 g/mol. The second-order valence-corrected chi connectivity index (χ2v) is 3.86. The molecule has 1 fully saturated rings. The number of nitrogens with zero attached hydrogens (tertiary/aromatic N) is 1. The molecule has 4 nitrogen and oxygen atoms in total. The maximum absolute atomic E-state index is 12.0. The predicted molar refractivity (Wildman–Crippen MR) is 56.5 cm³/mol. The Balaban J connectivity index is 2.05. The van der Waals surface area contributed by atoms with Crippen molar-refractivity contribution in [3.63, 3.8) is 0 Å². The summed E-state index contributed by atoms with van der Waals surface area (Å²) >= 11 is 0. The van der Waals surface area contributed by atoms with E-state index in [9.17, 15) is 4.79 Å². The highest BCUT2D eigenvalue weighted by Gasteiger charge is 2.22. The molecule has 2 heterocycles. The van der Waals surface area contributed by atoms with Crippen LogP contribution in [-0.4, -0.2) is 23.7 Å². The van der Waals surface area contributed by atoms with Crippen molar-refractivity contribution >= 4 is 5.91 Å². The Hall–Kier alpha value is -1.13. The van der Waals surface area contributed by atoms with E-state index in [0.717, 1.165) is 18.4 Å². The van der Waals surface area contributed by atoms with Crippen LogP contribution < -0.4 is 5.73 Å². The Morgan fingerprint density at radius 3 is 2.87 bits per heavy atom. The van der Waals surface area contributed by atoms with Crippen molar-refractivity contribution in [1.82, 2.24) is 4.57 Å². The number of hydrogen-bond donors (Lipinski definition) is 1. The summed E-state index contributed by atoms with van der Waals surface area (Å²) in [5.74, 6) is 0.273. The average molecular weight is 208 g/mol. The molecule has 1 aromatic heterocycles. The fraction of sp³-hybridized carbons (Fsp3) is 0.545. The fourth-order valence-corrected chi connectivity index (χ4v) is 1.85. The Morgan fingerprint density at radius 2 is 2.27 bits per heavy atom. The SMILES string of the molecule is NCc1ccn(C(=O)C2CCOCC2)c1. The van der Waals surface area contributed by atoms with Crippen LogP contribution in [0.4, 0.5) is 0 Å². The predicted octanol–water partition coefficient (Wildman–Crippen LogP) is 1.01. The summed E-state index contributed by atoms with van der Waals surface area (Å²) in [5, 5.41) is 0. The van der Waals surface area contributed by atoms with Gasteiger partial charge in [-0.25, -0.2) is 0 Å². The minimum atomic E-state index is 0.108. The molecule has 0 aromatic carbocycles. The molecule has 2 rings (SSSR count). The number of rotatable bonds is 2. The highest BCUT2D eigenvalue weighted by atomic mass is 16.5. The molecule has 0 radical (unpaired) electrons. The number of nitrogens with two attached hydrogens (primary N) is 1. The maximum atomic E-state index is 12.0. The molecular weight excluding hydrogens is 192 g/mol.